The van der Waals surface area contributed by atoms with Crippen molar-refractivity contribution < 1.29 is 9.59 Å². The summed E-state index contributed by atoms with van der Waals surface area (Å²) in [6.07, 6.45) is 4.63. The lowest BCUT2D eigenvalue weighted by molar-refractivity contribution is -0.118. The van der Waals surface area contributed by atoms with E-state index in [0.29, 0.717) is 19.6 Å². The Hall–Kier alpha value is -1.30. The summed E-state index contributed by atoms with van der Waals surface area (Å²) in [6, 6.07) is -0.125. The average Bonchev–Trinajstić information content (AvgIpc) is 2.39. The molecular formula is C13H26N4O2. The number of piperidine rings is 1. The molecule has 19 heavy (non-hydrogen) atoms. The molecule has 3 N–H and O–H groups in total. The van der Waals surface area contributed by atoms with Gasteiger partial charge in [0.15, 0.2) is 0 Å². The largest absolute Gasteiger partial charge is 0.356 e. The van der Waals surface area contributed by atoms with E-state index in [4.69, 9.17) is 0 Å². The van der Waals surface area contributed by atoms with Crippen LogP contribution in [0.5, 0.6) is 0 Å². The van der Waals surface area contributed by atoms with Crippen molar-refractivity contribution >= 4 is 11.9 Å². The smallest absolute Gasteiger partial charge is 0.314 e. The highest BCUT2D eigenvalue weighted by molar-refractivity contribution is 5.74. The molecule has 0 saturated carbocycles. The number of nitrogens with one attached hydrogen (secondary N) is 3. The van der Waals surface area contributed by atoms with Gasteiger partial charge in [0, 0.05) is 33.1 Å². The second-order valence-electron chi connectivity index (χ2n) is 4.92. The second-order valence-corrected chi connectivity index (χ2v) is 4.92. The molecule has 110 valence electrons. The normalized spacial score (nSPS) is 15.8. The molecule has 0 aromatic rings. The average molecular weight is 270 g/mol. The van der Waals surface area contributed by atoms with E-state index in [1.165, 1.54) is 26.2 Å². The molecule has 0 radical (unpaired) electrons. The molecule has 0 aromatic heterocycles. The van der Waals surface area contributed by atoms with Gasteiger partial charge in [-0.1, -0.05) is 6.42 Å². The van der Waals surface area contributed by atoms with Crippen molar-refractivity contribution in [2.45, 2.75) is 32.6 Å². The van der Waals surface area contributed by atoms with Gasteiger partial charge in [-0.2, -0.15) is 0 Å². The predicted molar refractivity (Wildman–Crippen MR) is 75.0 cm³/mol. The zero-order valence-corrected chi connectivity index (χ0v) is 11.8. The van der Waals surface area contributed by atoms with E-state index in [0.717, 1.165) is 26.1 Å². The maximum Gasteiger partial charge on any atom is 0.314 e. The van der Waals surface area contributed by atoms with Crippen molar-refractivity contribution in [1.29, 1.82) is 0 Å². The first kappa shape index (κ1) is 15.8. The van der Waals surface area contributed by atoms with E-state index in [-0.39, 0.29) is 11.9 Å². The molecule has 6 heteroatoms. The van der Waals surface area contributed by atoms with Gasteiger partial charge in [-0.3, -0.25) is 4.79 Å². The van der Waals surface area contributed by atoms with Crippen LogP contribution >= 0.6 is 0 Å². The highest BCUT2D eigenvalue weighted by Gasteiger charge is 2.09. The molecule has 1 aliphatic rings. The molecule has 0 aliphatic carbocycles. The number of amides is 3. The molecule has 0 aromatic carbocycles. The fraction of sp³-hybridized carbons (Fsp3) is 0.846. The van der Waals surface area contributed by atoms with E-state index < -0.39 is 0 Å². The zero-order valence-electron chi connectivity index (χ0n) is 11.8. The molecule has 1 heterocycles. The van der Waals surface area contributed by atoms with E-state index in [2.05, 4.69) is 20.9 Å². The van der Waals surface area contributed by atoms with Crippen molar-refractivity contribution in [3.05, 3.63) is 0 Å². The lowest BCUT2D eigenvalue weighted by Gasteiger charge is -2.26. The third kappa shape index (κ3) is 8.42. The Labute approximate surface area is 115 Å². The maximum atomic E-state index is 11.5. The minimum Gasteiger partial charge on any atom is -0.356 e. The molecule has 6 nitrogen and oxygen atoms in total. The monoisotopic (exact) mass is 270 g/mol. The third-order valence-electron chi connectivity index (χ3n) is 3.18. The van der Waals surface area contributed by atoms with E-state index in [1.807, 2.05) is 0 Å². The van der Waals surface area contributed by atoms with Gasteiger partial charge < -0.3 is 20.9 Å². The van der Waals surface area contributed by atoms with Crippen LogP contribution in [0.1, 0.15) is 32.6 Å². The van der Waals surface area contributed by atoms with Crippen LogP contribution in [0.4, 0.5) is 4.79 Å². The Morgan fingerprint density at radius 1 is 0.947 bits per heavy atom. The molecule has 1 fully saturated rings. The number of likely N-dealkylation sites (tertiary alicyclic amines) is 1. The van der Waals surface area contributed by atoms with Crippen molar-refractivity contribution in [2.24, 2.45) is 0 Å². The van der Waals surface area contributed by atoms with E-state index in [1.54, 1.807) is 0 Å². The maximum absolute atomic E-state index is 11.5. The Bertz CT molecular complexity index is 278. The fourth-order valence-corrected chi connectivity index (χ4v) is 2.13. The quantitative estimate of drug-likeness (QED) is 0.583. The van der Waals surface area contributed by atoms with Crippen LogP contribution in [0.25, 0.3) is 0 Å². The first-order valence-electron chi connectivity index (χ1n) is 7.17. The van der Waals surface area contributed by atoms with E-state index in [9.17, 15) is 9.59 Å². The number of urea groups is 1. The highest BCUT2D eigenvalue weighted by atomic mass is 16.2. The van der Waals surface area contributed by atoms with Gasteiger partial charge >= 0.3 is 6.03 Å². The standard InChI is InChI=1S/C13H26N4O2/c1-12(18)14-6-5-7-15-13(19)16-8-11-17-9-3-2-4-10-17/h2-11H2,1H3,(H,14,18)(H2,15,16,19). The van der Waals surface area contributed by atoms with Crippen LogP contribution in [0.15, 0.2) is 0 Å². The van der Waals surface area contributed by atoms with Gasteiger partial charge in [-0.25, -0.2) is 4.79 Å². The molecule has 0 atom stereocenters. The van der Waals surface area contributed by atoms with Crippen molar-refractivity contribution in [2.75, 3.05) is 39.3 Å². The first-order chi connectivity index (χ1) is 9.18. The van der Waals surface area contributed by atoms with Crippen LogP contribution in [-0.4, -0.2) is 56.1 Å². The molecule has 0 spiro atoms. The number of carbonyl (C=O) groups excluding carboxylic acids is 2. The number of carbonyl (C=O) groups is 2. The number of nitrogens with zero attached hydrogens (tertiary/aromatic N) is 1. The molecule has 3 amide bonds. The summed E-state index contributed by atoms with van der Waals surface area (Å²) in [6.45, 7) is 6.59. The topological polar surface area (TPSA) is 73.5 Å². The molecule has 1 aliphatic heterocycles. The summed E-state index contributed by atoms with van der Waals surface area (Å²) in [5.74, 6) is -0.0361. The van der Waals surface area contributed by atoms with E-state index >= 15 is 0 Å². The summed E-state index contributed by atoms with van der Waals surface area (Å²) in [5.41, 5.74) is 0. The minimum absolute atomic E-state index is 0.0361. The lowest BCUT2D eigenvalue weighted by atomic mass is 10.1. The van der Waals surface area contributed by atoms with Crippen LogP contribution in [0.2, 0.25) is 0 Å². The van der Waals surface area contributed by atoms with Gasteiger partial charge in [0.2, 0.25) is 5.91 Å². The van der Waals surface area contributed by atoms with Crippen LogP contribution in [-0.2, 0) is 4.79 Å². The van der Waals surface area contributed by atoms with Gasteiger partial charge in [0.05, 0.1) is 0 Å². The zero-order chi connectivity index (χ0) is 13.9. The Morgan fingerprint density at radius 3 is 2.26 bits per heavy atom. The van der Waals surface area contributed by atoms with Crippen molar-refractivity contribution in [3.63, 3.8) is 0 Å². The van der Waals surface area contributed by atoms with Gasteiger partial charge in [-0.05, 0) is 32.4 Å². The number of hydrogen-bond acceptors (Lipinski definition) is 3. The highest BCUT2D eigenvalue weighted by Crippen LogP contribution is 2.07. The summed E-state index contributed by atoms with van der Waals surface area (Å²) in [4.78, 5) is 24.5. The van der Waals surface area contributed by atoms with Crippen molar-refractivity contribution in [1.82, 2.24) is 20.9 Å². The van der Waals surface area contributed by atoms with Gasteiger partial charge in [-0.15, -0.1) is 0 Å². The Morgan fingerprint density at radius 2 is 1.58 bits per heavy atom. The molecular weight excluding hydrogens is 244 g/mol. The van der Waals surface area contributed by atoms with Crippen LogP contribution in [0.3, 0.4) is 0 Å². The van der Waals surface area contributed by atoms with Crippen LogP contribution < -0.4 is 16.0 Å². The fourth-order valence-electron chi connectivity index (χ4n) is 2.13. The molecule has 1 saturated heterocycles. The SMILES string of the molecule is CC(=O)NCCCNC(=O)NCCN1CCCCC1. The minimum atomic E-state index is -0.125. The molecule has 1 rings (SSSR count). The van der Waals surface area contributed by atoms with Crippen LogP contribution in [0, 0.1) is 0 Å². The number of hydrogen-bond donors (Lipinski definition) is 3. The molecule has 0 unspecified atom stereocenters. The summed E-state index contributed by atoms with van der Waals surface area (Å²) < 4.78 is 0. The lowest BCUT2D eigenvalue weighted by Crippen LogP contribution is -2.42. The number of rotatable bonds is 7. The molecule has 0 bridgehead atoms. The summed E-state index contributed by atoms with van der Waals surface area (Å²) >= 11 is 0. The predicted octanol–water partition coefficient (Wildman–Crippen LogP) is 0.298. The Balaban J connectivity index is 1.91. The summed E-state index contributed by atoms with van der Waals surface area (Å²) in [7, 11) is 0. The third-order valence-corrected chi connectivity index (χ3v) is 3.18. The second kappa shape index (κ2) is 9.61. The summed E-state index contributed by atoms with van der Waals surface area (Å²) in [5, 5.41) is 8.31. The first-order valence-corrected chi connectivity index (χ1v) is 7.17. The van der Waals surface area contributed by atoms with Gasteiger partial charge in [0.25, 0.3) is 0 Å². The Kier molecular flexibility index (Phi) is 7.97. The van der Waals surface area contributed by atoms with Crippen molar-refractivity contribution in [3.8, 4) is 0 Å². The van der Waals surface area contributed by atoms with Gasteiger partial charge in [0.1, 0.15) is 0 Å².